The Hall–Kier alpha value is -2.29. The van der Waals surface area contributed by atoms with Crippen LogP contribution in [0.1, 0.15) is 19.4 Å². The Morgan fingerprint density at radius 3 is 2.34 bits per heavy atom. The van der Waals surface area contributed by atoms with E-state index in [0.717, 1.165) is 16.1 Å². The lowest BCUT2D eigenvalue weighted by Gasteiger charge is -2.31. The first-order valence-electron chi connectivity index (χ1n) is 10.1. The molecule has 0 aliphatic rings. The quantitative estimate of drug-likeness (QED) is 0.542. The number of rotatable bonds is 10. The number of nitrogens with zero attached hydrogens (tertiary/aromatic N) is 2. The zero-order chi connectivity index (χ0) is 23.9. The van der Waals surface area contributed by atoms with Gasteiger partial charge in [-0.2, -0.15) is 0 Å². The lowest BCUT2D eigenvalue weighted by atomic mass is 10.1. The number of carbonyl (C=O) groups is 2. The number of hydrogen-bond donors (Lipinski definition) is 1. The van der Waals surface area contributed by atoms with Gasteiger partial charge in [0.2, 0.25) is 21.8 Å². The number of carbonyl (C=O) groups excluding carboxylic acids is 2. The first-order valence-corrected chi connectivity index (χ1v) is 12.7. The summed E-state index contributed by atoms with van der Waals surface area (Å²) in [6.07, 6.45) is 1.49. The van der Waals surface area contributed by atoms with Crippen LogP contribution in [-0.2, 0) is 26.0 Å². The lowest BCUT2D eigenvalue weighted by molar-refractivity contribution is -0.138. The van der Waals surface area contributed by atoms with Crippen molar-refractivity contribution < 1.29 is 18.0 Å². The maximum absolute atomic E-state index is 13.3. The van der Waals surface area contributed by atoms with Crippen molar-refractivity contribution in [3.8, 4) is 0 Å². The van der Waals surface area contributed by atoms with Crippen LogP contribution in [0.25, 0.3) is 0 Å². The molecule has 7 nitrogen and oxygen atoms in total. The number of amides is 2. The van der Waals surface area contributed by atoms with Crippen LogP contribution in [0.5, 0.6) is 0 Å². The van der Waals surface area contributed by atoms with Crippen molar-refractivity contribution in [2.45, 2.75) is 26.3 Å². The van der Waals surface area contributed by atoms with Gasteiger partial charge >= 0.3 is 0 Å². The molecule has 0 aliphatic carbocycles. The number of benzene rings is 2. The van der Waals surface area contributed by atoms with Gasteiger partial charge in [0.1, 0.15) is 12.6 Å². The summed E-state index contributed by atoms with van der Waals surface area (Å²) in [6, 6.07) is 13.1. The van der Waals surface area contributed by atoms with E-state index in [1.807, 2.05) is 30.3 Å². The zero-order valence-electron chi connectivity index (χ0n) is 18.2. The molecule has 1 atom stereocenters. The van der Waals surface area contributed by atoms with Gasteiger partial charge in [0.15, 0.2) is 0 Å². The van der Waals surface area contributed by atoms with Crippen molar-refractivity contribution in [3.63, 3.8) is 0 Å². The predicted molar refractivity (Wildman–Crippen MR) is 129 cm³/mol. The molecule has 10 heteroatoms. The van der Waals surface area contributed by atoms with Gasteiger partial charge in [-0.15, -0.1) is 0 Å². The Morgan fingerprint density at radius 1 is 1.09 bits per heavy atom. The van der Waals surface area contributed by atoms with Crippen LogP contribution in [0.2, 0.25) is 10.0 Å². The summed E-state index contributed by atoms with van der Waals surface area (Å²) in [4.78, 5) is 27.2. The Balaban J connectivity index is 2.34. The van der Waals surface area contributed by atoms with E-state index in [-0.39, 0.29) is 28.2 Å². The number of nitrogens with one attached hydrogen (secondary N) is 1. The minimum Gasteiger partial charge on any atom is -0.355 e. The van der Waals surface area contributed by atoms with Crippen LogP contribution in [-0.4, -0.2) is 57.1 Å². The molecule has 0 saturated heterocycles. The van der Waals surface area contributed by atoms with Gasteiger partial charge < -0.3 is 10.2 Å². The molecular weight excluding hydrogens is 473 g/mol. The number of hydrogen-bond acceptors (Lipinski definition) is 4. The third kappa shape index (κ3) is 7.12. The fraction of sp³-hybridized carbons (Fsp3) is 0.364. The van der Waals surface area contributed by atoms with E-state index < -0.39 is 28.5 Å². The maximum Gasteiger partial charge on any atom is 0.244 e. The second kappa shape index (κ2) is 11.5. The monoisotopic (exact) mass is 499 g/mol. The number of halogens is 2. The summed E-state index contributed by atoms with van der Waals surface area (Å²) in [5, 5.41) is 3.13. The summed E-state index contributed by atoms with van der Waals surface area (Å²) in [7, 11) is -3.87. The predicted octanol–water partition coefficient (Wildman–Crippen LogP) is 3.36. The van der Waals surface area contributed by atoms with Crippen LogP contribution in [0.4, 0.5) is 5.69 Å². The van der Waals surface area contributed by atoms with Gasteiger partial charge in [-0.25, -0.2) is 8.42 Å². The molecule has 0 saturated carbocycles. The highest BCUT2D eigenvalue weighted by Gasteiger charge is 2.30. The van der Waals surface area contributed by atoms with Crippen molar-refractivity contribution in [1.82, 2.24) is 10.2 Å². The van der Waals surface area contributed by atoms with Crippen LogP contribution >= 0.6 is 23.2 Å². The van der Waals surface area contributed by atoms with Gasteiger partial charge in [0, 0.05) is 18.1 Å². The van der Waals surface area contributed by atoms with Crippen molar-refractivity contribution in [1.29, 1.82) is 0 Å². The number of sulfonamides is 1. The molecule has 0 bridgehead atoms. The molecule has 0 aliphatic heterocycles. The van der Waals surface area contributed by atoms with Crippen molar-refractivity contribution in [2.24, 2.45) is 0 Å². The average Bonchev–Trinajstić information content (AvgIpc) is 2.74. The van der Waals surface area contributed by atoms with E-state index in [2.05, 4.69) is 5.32 Å². The van der Waals surface area contributed by atoms with Gasteiger partial charge in [0.05, 0.1) is 17.0 Å². The van der Waals surface area contributed by atoms with E-state index in [0.29, 0.717) is 13.0 Å². The topological polar surface area (TPSA) is 86.8 Å². The molecule has 1 unspecified atom stereocenters. The van der Waals surface area contributed by atoms with Gasteiger partial charge in [-0.1, -0.05) is 53.5 Å². The second-order valence-electron chi connectivity index (χ2n) is 7.26. The van der Waals surface area contributed by atoms with E-state index in [9.17, 15) is 18.0 Å². The Labute approximate surface area is 199 Å². The molecule has 0 spiro atoms. The van der Waals surface area contributed by atoms with Crippen LogP contribution in [0.15, 0.2) is 48.5 Å². The third-order valence-electron chi connectivity index (χ3n) is 4.86. The van der Waals surface area contributed by atoms with Crippen molar-refractivity contribution >= 4 is 50.7 Å². The van der Waals surface area contributed by atoms with E-state index >= 15 is 0 Å². The largest absolute Gasteiger partial charge is 0.355 e. The summed E-state index contributed by atoms with van der Waals surface area (Å²) >= 11 is 12.2. The molecule has 2 aromatic rings. The minimum absolute atomic E-state index is 0.101. The fourth-order valence-electron chi connectivity index (χ4n) is 3.16. The highest BCUT2D eigenvalue weighted by atomic mass is 35.5. The first kappa shape index (κ1) is 26.0. The third-order valence-corrected chi connectivity index (χ3v) is 6.54. The second-order valence-corrected chi connectivity index (χ2v) is 10.0. The van der Waals surface area contributed by atoms with E-state index in [1.54, 1.807) is 13.8 Å². The number of anilines is 1. The molecule has 0 fully saturated rings. The summed E-state index contributed by atoms with van der Waals surface area (Å²) in [5.74, 6) is -0.846. The Kier molecular flexibility index (Phi) is 9.36. The van der Waals surface area contributed by atoms with Crippen LogP contribution < -0.4 is 9.62 Å². The SMILES string of the molecule is CCNC(=O)C(C)N(CCc1ccccc1)C(=O)CN(c1cc(Cl)ccc1Cl)S(C)(=O)=O. The molecule has 0 aromatic heterocycles. The van der Waals surface area contributed by atoms with Crippen molar-refractivity contribution in [2.75, 3.05) is 30.2 Å². The molecule has 0 radical (unpaired) electrons. The summed E-state index contributed by atoms with van der Waals surface area (Å²) < 4.78 is 25.9. The highest BCUT2D eigenvalue weighted by molar-refractivity contribution is 7.92. The van der Waals surface area contributed by atoms with Gasteiger partial charge in [-0.3, -0.25) is 13.9 Å². The minimum atomic E-state index is -3.87. The Bertz CT molecular complexity index is 1050. The van der Waals surface area contributed by atoms with Crippen LogP contribution in [0.3, 0.4) is 0 Å². The standard InChI is InChI=1S/C22H27Cl2N3O4S/c1-4-25-22(29)16(2)26(13-12-17-8-6-5-7-9-17)21(28)15-27(32(3,30)31)20-14-18(23)10-11-19(20)24/h5-11,14,16H,4,12-13,15H2,1-3H3,(H,25,29). The first-order chi connectivity index (χ1) is 15.0. The molecular formula is C22H27Cl2N3O4S. The van der Waals surface area contributed by atoms with E-state index in [1.165, 1.54) is 23.1 Å². The number of likely N-dealkylation sites (N-methyl/N-ethyl adjacent to an activating group) is 1. The van der Waals surface area contributed by atoms with Gasteiger partial charge in [0.25, 0.3) is 0 Å². The zero-order valence-corrected chi connectivity index (χ0v) is 20.5. The molecule has 0 heterocycles. The fourth-order valence-corrected chi connectivity index (χ4v) is 4.45. The highest BCUT2D eigenvalue weighted by Crippen LogP contribution is 2.30. The molecule has 1 N–H and O–H groups in total. The molecule has 2 amide bonds. The normalized spacial score (nSPS) is 12.2. The smallest absolute Gasteiger partial charge is 0.244 e. The summed E-state index contributed by atoms with van der Waals surface area (Å²) in [5.41, 5.74) is 1.09. The molecule has 2 aromatic carbocycles. The van der Waals surface area contributed by atoms with Crippen molar-refractivity contribution in [3.05, 3.63) is 64.1 Å². The molecule has 32 heavy (non-hydrogen) atoms. The summed E-state index contributed by atoms with van der Waals surface area (Å²) in [6.45, 7) is 3.54. The molecule has 174 valence electrons. The Morgan fingerprint density at radius 2 is 1.75 bits per heavy atom. The average molecular weight is 500 g/mol. The van der Waals surface area contributed by atoms with Crippen LogP contribution in [0, 0.1) is 0 Å². The van der Waals surface area contributed by atoms with E-state index in [4.69, 9.17) is 23.2 Å². The maximum atomic E-state index is 13.3. The lowest BCUT2D eigenvalue weighted by Crippen LogP contribution is -2.52. The van der Waals surface area contributed by atoms with Gasteiger partial charge in [-0.05, 0) is 44.0 Å². The molecule has 2 rings (SSSR count).